The van der Waals surface area contributed by atoms with Gasteiger partial charge in [-0.3, -0.25) is 10.1 Å². The highest BCUT2D eigenvalue weighted by atomic mass is 16.6. The lowest BCUT2D eigenvalue weighted by Crippen LogP contribution is -2.24. The third-order valence-electron chi connectivity index (χ3n) is 3.11. The fourth-order valence-corrected chi connectivity index (χ4v) is 1.84. The first kappa shape index (κ1) is 14.8. The molecule has 1 heterocycles. The molecule has 110 valence electrons. The SMILES string of the molecule is Cc1ccccc1OCCN(C)c1ccc([N+](=O)[O-])cn1. The smallest absolute Gasteiger partial charge is 0.287 e. The van der Waals surface area contributed by atoms with Gasteiger partial charge in [-0.05, 0) is 24.6 Å². The number of aromatic nitrogens is 1. The van der Waals surface area contributed by atoms with E-state index in [-0.39, 0.29) is 5.69 Å². The average molecular weight is 287 g/mol. The standard InChI is InChI=1S/C15H17N3O3/c1-12-5-3-4-6-14(12)21-10-9-17(2)15-8-7-13(11-16-15)18(19)20/h3-8,11H,9-10H2,1-2H3. The molecule has 0 saturated carbocycles. The van der Waals surface area contributed by atoms with E-state index < -0.39 is 4.92 Å². The van der Waals surface area contributed by atoms with Gasteiger partial charge in [0.2, 0.25) is 0 Å². The third-order valence-corrected chi connectivity index (χ3v) is 3.11. The lowest BCUT2D eigenvalue weighted by Gasteiger charge is -2.18. The fourth-order valence-electron chi connectivity index (χ4n) is 1.84. The van der Waals surface area contributed by atoms with Gasteiger partial charge in [0.15, 0.2) is 0 Å². The molecule has 1 aromatic heterocycles. The van der Waals surface area contributed by atoms with Crippen LogP contribution in [0.5, 0.6) is 5.75 Å². The number of hydrogen-bond acceptors (Lipinski definition) is 5. The van der Waals surface area contributed by atoms with Crippen LogP contribution in [0.1, 0.15) is 5.56 Å². The van der Waals surface area contributed by atoms with Crippen LogP contribution in [0.25, 0.3) is 0 Å². The minimum atomic E-state index is -0.460. The highest BCUT2D eigenvalue weighted by molar-refractivity contribution is 5.42. The molecule has 0 atom stereocenters. The van der Waals surface area contributed by atoms with Gasteiger partial charge in [-0.2, -0.15) is 0 Å². The van der Waals surface area contributed by atoms with Crippen LogP contribution in [0.3, 0.4) is 0 Å². The molecule has 0 fully saturated rings. The molecule has 21 heavy (non-hydrogen) atoms. The zero-order valence-electron chi connectivity index (χ0n) is 12.0. The lowest BCUT2D eigenvalue weighted by molar-refractivity contribution is -0.385. The Labute approximate surface area is 123 Å². The highest BCUT2D eigenvalue weighted by Gasteiger charge is 2.08. The summed E-state index contributed by atoms with van der Waals surface area (Å²) in [5, 5.41) is 10.6. The average Bonchev–Trinajstić information content (AvgIpc) is 2.49. The first-order valence-electron chi connectivity index (χ1n) is 6.58. The van der Waals surface area contributed by atoms with Crippen LogP contribution in [-0.4, -0.2) is 30.1 Å². The molecule has 1 aromatic carbocycles. The van der Waals surface area contributed by atoms with E-state index in [0.717, 1.165) is 11.3 Å². The number of ether oxygens (including phenoxy) is 1. The van der Waals surface area contributed by atoms with E-state index in [1.807, 2.05) is 43.1 Å². The van der Waals surface area contributed by atoms with Crippen LogP contribution in [0, 0.1) is 17.0 Å². The maximum absolute atomic E-state index is 10.6. The summed E-state index contributed by atoms with van der Waals surface area (Å²) in [5.74, 6) is 1.54. The maximum Gasteiger partial charge on any atom is 0.287 e. The maximum atomic E-state index is 10.6. The highest BCUT2D eigenvalue weighted by Crippen LogP contribution is 2.17. The largest absolute Gasteiger partial charge is 0.491 e. The monoisotopic (exact) mass is 287 g/mol. The van der Waals surface area contributed by atoms with Crippen LogP contribution in [0.4, 0.5) is 11.5 Å². The molecule has 0 aliphatic rings. The number of benzene rings is 1. The Morgan fingerprint density at radius 1 is 1.29 bits per heavy atom. The number of likely N-dealkylation sites (N-methyl/N-ethyl adjacent to an activating group) is 1. The van der Waals surface area contributed by atoms with E-state index in [0.29, 0.717) is 19.0 Å². The summed E-state index contributed by atoms with van der Waals surface area (Å²) in [4.78, 5) is 16.1. The quantitative estimate of drug-likeness (QED) is 0.603. The summed E-state index contributed by atoms with van der Waals surface area (Å²) in [7, 11) is 1.87. The number of anilines is 1. The molecule has 0 N–H and O–H groups in total. The van der Waals surface area contributed by atoms with Crippen LogP contribution in [-0.2, 0) is 0 Å². The van der Waals surface area contributed by atoms with Gasteiger partial charge in [0.25, 0.3) is 5.69 Å². The van der Waals surface area contributed by atoms with Crippen LogP contribution in [0.2, 0.25) is 0 Å². The molecule has 0 amide bonds. The third kappa shape index (κ3) is 3.92. The predicted octanol–water partition coefficient (Wildman–Crippen LogP) is 2.81. The second kappa shape index (κ2) is 6.69. The van der Waals surface area contributed by atoms with E-state index in [9.17, 15) is 10.1 Å². The second-order valence-corrected chi connectivity index (χ2v) is 4.67. The van der Waals surface area contributed by atoms with Gasteiger partial charge in [0, 0.05) is 13.1 Å². The first-order valence-corrected chi connectivity index (χ1v) is 6.58. The summed E-state index contributed by atoms with van der Waals surface area (Å²) >= 11 is 0. The van der Waals surface area contributed by atoms with Crippen LogP contribution in [0.15, 0.2) is 42.6 Å². The van der Waals surface area contributed by atoms with Gasteiger partial charge < -0.3 is 9.64 Å². The lowest BCUT2D eigenvalue weighted by atomic mass is 10.2. The van der Waals surface area contributed by atoms with Gasteiger partial charge in [0.1, 0.15) is 24.4 Å². The van der Waals surface area contributed by atoms with Crippen molar-refractivity contribution in [1.29, 1.82) is 0 Å². The summed E-state index contributed by atoms with van der Waals surface area (Å²) in [6.45, 7) is 3.15. The van der Waals surface area contributed by atoms with Crippen molar-refractivity contribution in [3.8, 4) is 5.75 Å². The Morgan fingerprint density at radius 2 is 2.05 bits per heavy atom. The summed E-state index contributed by atoms with van der Waals surface area (Å²) in [6.07, 6.45) is 1.26. The van der Waals surface area contributed by atoms with Crippen molar-refractivity contribution in [2.75, 3.05) is 25.1 Å². The molecular weight excluding hydrogens is 270 g/mol. The molecule has 0 saturated heterocycles. The minimum Gasteiger partial charge on any atom is -0.491 e. The Balaban J connectivity index is 1.88. The van der Waals surface area contributed by atoms with Gasteiger partial charge >= 0.3 is 0 Å². The molecule has 2 rings (SSSR count). The first-order chi connectivity index (χ1) is 10.1. The van der Waals surface area contributed by atoms with E-state index in [2.05, 4.69) is 4.98 Å². The summed E-state index contributed by atoms with van der Waals surface area (Å²) in [6, 6.07) is 10.9. The number of nitrogens with zero attached hydrogens (tertiary/aromatic N) is 3. The van der Waals surface area contributed by atoms with Crippen molar-refractivity contribution >= 4 is 11.5 Å². The Hall–Kier alpha value is -2.63. The number of nitro groups is 1. The summed E-state index contributed by atoms with van der Waals surface area (Å²) < 4.78 is 5.71. The predicted molar refractivity (Wildman–Crippen MR) is 80.8 cm³/mol. The van der Waals surface area contributed by atoms with E-state index in [1.165, 1.54) is 12.3 Å². The Morgan fingerprint density at radius 3 is 2.67 bits per heavy atom. The molecule has 6 heteroatoms. The zero-order chi connectivity index (χ0) is 15.2. The fraction of sp³-hybridized carbons (Fsp3) is 0.267. The van der Waals surface area contributed by atoms with Crippen molar-refractivity contribution in [3.05, 3.63) is 58.3 Å². The minimum absolute atomic E-state index is 0.0108. The molecule has 0 aliphatic carbocycles. The van der Waals surface area contributed by atoms with Crippen molar-refractivity contribution in [1.82, 2.24) is 4.98 Å². The van der Waals surface area contributed by atoms with Crippen molar-refractivity contribution in [3.63, 3.8) is 0 Å². The number of para-hydroxylation sites is 1. The molecule has 0 bridgehead atoms. The van der Waals surface area contributed by atoms with Crippen LogP contribution < -0.4 is 9.64 Å². The molecule has 0 unspecified atom stereocenters. The molecule has 6 nitrogen and oxygen atoms in total. The van der Waals surface area contributed by atoms with Gasteiger partial charge in [-0.15, -0.1) is 0 Å². The van der Waals surface area contributed by atoms with Crippen molar-refractivity contribution in [2.45, 2.75) is 6.92 Å². The number of rotatable bonds is 6. The van der Waals surface area contributed by atoms with Crippen LogP contribution >= 0.6 is 0 Å². The molecule has 0 aliphatic heterocycles. The molecule has 2 aromatic rings. The van der Waals surface area contributed by atoms with Gasteiger partial charge in [-0.25, -0.2) is 4.98 Å². The van der Waals surface area contributed by atoms with Crippen molar-refractivity contribution < 1.29 is 9.66 Å². The zero-order valence-corrected chi connectivity index (χ0v) is 12.0. The number of pyridine rings is 1. The number of hydrogen-bond donors (Lipinski definition) is 0. The van der Waals surface area contributed by atoms with Gasteiger partial charge in [0.05, 0.1) is 11.5 Å². The van der Waals surface area contributed by atoms with E-state index in [4.69, 9.17) is 4.74 Å². The topological polar surface area (TPSA) is 68.5 Å². The molecule has 0 spiro atoms. The normalized spacial score (nSPS) is 10.2. The van der Waals surface area contributed by atoms with E-state index >= 15 is 0 Å². The molecular formula is C15H17N3O3. The Bertz CT molecular complexity index is 614. The number of aryl methyl sites for hydroxylation is 1. The van der Waals surface area contributed by atoms with Gasteiger partial charge in [-0.1, -0.05) is 18.2 Å². The Kier molecular flexibility index (Phi) is 4.71. The summed E-state index contributed by atoms with van der Waals surface area (Å²) in [5.41, 5.74) is 1.08. The van der Waals surface area contributed by atoms with Crippen molar-refractivity contribution in [2.24, 2.45) is 0 Å². The van der Waals surface area contributed by atoms with E-state index in [1.54, 1.807) is 6.07 Å². The second-order valence-electron chi connectivity index (χ2n) is 4.67. The molecule has 0 radical (unpaired) electrons.